The number of hydrogen-bond acceptors (Lipinski definition) is 7. The second-order valence-electron chi connectivity index (χ2n) is 9.13. The summed E-state index contributed by atoms with van der Waals surface area (Å²) in [5.41, 5.74) is 4.26. The van der Waals surface area contributed by atoms with E-state index in [0.29, 0.717) is 38.7 Å². The minimum Gasteiger partial charge on any atom is -0.495 e. The lowest BCUT2D eigenvalue weighted by atomic mass is 10.1. The van der Waals surface area contributed by atoms with Crippen LogP contribution < -0.4 is 25.4 Å². The zero-order valence-corrected chi connectivity index (χ0v) is 22.7. The Bertz CT molecular complexity index is 1450. The lowest BCUT2D eigenvalue weighted by Gasteiger charge is -2.17. The number of hydrogen-bond donors (Lipinski definition) is 3. The molecule has 2 aromatic heterocycles. The second-order valence-corrected chi connectivity index (χ2v) is 9.88. The van der Waals surface area contributed by atoms with Crippen molar-refractivity contribution in [2.24, 2.45) is 5.92 Å². The van der Waals surface area contributed by atoms with Crippen LogP contribution in [0.5, 0.6) is 11.5 Å². The van der Waals surface area contributed by atoms with E-state index in [9.17, 15) is 0 Å². The van der Waals surface area contributed by atoms with Crippen molar-refractivity contribution in [3.8, 4) is 22.8 Å². The van der Waals surface area contributed by atoms with Crippen LogP contribution in [0.2, 0.25) is 10.0 Å². The standard InChI is InChI=1S/C28H29Cl2N5O2/c1-15-6-5-7-19(31-2)27(15)35-23-11-18-17(14-32-23)10-20(34-28(18)33-13-16-8-9-16)24-25(29)21(36-3)12-22(37-4)26(24)30/h5-7,10-12,14,16,31H,8-9,13H2,1-4H3,(H,32,35)(H,33,34). The maximum atomic E-state index is 6.72. The third-order valence-corrected chi connectivity index (χ3v) is 7.34. The minimum atomic E-state index is 0.374. The molecule has 2 aromatic carbocycles. The molecule has 1 aliphatic rings. The largest absolute Gasteiger partial charge is 0.495 e. The van der Waals surface area contributed by atoms with Gasteiger partial charge in [0.2, 0.25) is 0 Å². The summed E-state index contributed by atoms with van der Waals surface area (Å²) in [6.07, 6.45) is 4.29. The molecule has 3 N–H and O–H groups in total. The number of aryl methyl sites for hydroxylation is 1. The highest BCUT2D eigenvalue weighted by Gasteiger charge is 2.24. The number of benzene rings is 2. The van der Waals surface area contributed by atoms with Crippen LogP contribution in [-0.4, -0.2) is 37.8 Å². The third-order valence-electron chi connectivity index (χ3n) is 6.59. The van der Waals surface area contributed by atoms with Crippen LogP contribution in [0.25, 0.3) is 22.0 Å². The van der Waals surface area contributed by atoms with Gasteiger partial charge in [-0.3, -0.25) is 0 Å². The zero-order chi connectivity index (χ0) is 26.1. The van der Waals surface area contributed by atoms with Crippen molar-refractivity contribution in [2.45, 2.75) is 19.8 Å². The molecule has 7 nitrogen and oxygen atoms in total. The maximum Gasteiger partial charge on any atom is 0.141 e. The Morgan fingerprint density at radius 1 is 1.03 bits per heavy atom. The maximum absolute atomic E-state index is 6.72. The number of pyridine rings is 2. The highest BCUT2D eigenvalue weighted by Crippen LogP contribution is 2.46. The fourth-order valence-electron chi connectivity index (χ4n) is 4.32. The molecule has 5 rings (SSSR count). The first-order chi connectivity index (χ1) is 17.9. The van der Waals surface area contributed by atoms with Gasteiger partial charge in [0.05, 0.1) is 41.3 Å². The summed E-state index contributed by atoms with van der Waals surface area (Å²) < 4.78 is 10.9. The van der Waals surface area contributed by atoms with Crippen LogP contribution >= 0.6 is 23.2 Å². The summed E-state index contributed by atoms with van der Waals surface area (Å²) in [5, 5.41) is 12.9. The summed E-state index contributed by atoms with van der Waals surface area (Å²) in [7, 11) is 5.02. The van der Waals surface area contributed by atoms with Gasteiger partial charge in [-0.15, -0.1) is 0 Å². The predicted molar refractivity (Wildman–Crippen MR) is 153 cm³/mol. The van der Waals surface area contributed by atoms with Crippen molar-refractivity contribution in [2.75, 3.05) is 43.8 Å². The molecular weight excluding hydrogens is 509 g/mol. The van der Waals surface area contributed by atoms with Gasteiger partial charge in [0.15, 0.2) is 0 Å². The first-order valence-corrected chi connectivity index (χ1v) is 12.9. The van der Waals surface area contributed by atoms with Crippen LogP contribution in [-0.2, 0) is 0 Å². The monoisotopic (exact) mass is 537 g/mol. The third kappa shape index (κ3) is 5.06. The van der Waals surface area contributed by atoms with Gasteiger partial charge in [0.1, 0.15) is 23.1 Å². The number of rotatable bonds is 9. The van der Waals surface area contributed by atoms with E-state index in [1.165, 1.54) is 12.8 Å². The van der Waals surface area contributed by atoms with Gasteiger partial charge in [-0.25, -0.2) is 9.97 Å². The van der Waals surface area contributed by atoms with Gasteiger partial charge >= 0.3 is 0 Å². The van der Waals surface area contributed by atoms with Crippen molar-refractivity contribution in [3.63, 3.8) is 0 Å². The predicted octanol–water partition coefficient (Wildman–Crippen LogP) is 7.54. The highest BCUT2D eigenvalue weighted by atomic mass is 35.5. The number of methoxy groups -OCH3 is 2. The lowest BCUT2D eigenvalue weighted by Crippen LogP contribution is -2.07. The van der Waals surface area contributed by atoms with Gasteiger partial charge < -0.3 is 25.4 Å². The number of nitrogens with zero attached hydrogens (tertiary/aromatic N) is 2. The van der Waals surface area contributed by atoms with E-state index in [1.54, 1.807) is 20.3 Å². The Morgan fingerprint density at radius 3 is 2.41 bits per heavy atom. The average molecular weight is 538 g/mol. The van der Waals surface area contributed by atoms with E-state index in [0.717, 1.165) is 45.9 Å². The lowest BCUT2D eigenvalue weighted by molar-refractivity contribution is 0.395. The average Bonchev–Trinajstić information content (AvgIpc) is 3.73. The van der Waals surface area contributed by atoms with Crippen molar-refractivity contribution in [3.05, 3.63) is 58.2 Å². The Balaban J connectivity index is 1.63. The molecule has 0 unspecified atom stereocenters. The SMILES string of the molecule is CNc1cccc(C)c1Nc1cc2c(NCC3CC3)nc(-c3c(Cl)c(OC)cc(OC)c3Cl)cc2cn1. The van der Waals surface area contributed by atoms with Gasteiger partial charge in [0, 0.05) is 42.2 Å². The molecular formula is C28H29Cl2N5O2. The summed E-state index contributed by atoms with van der Waals surface area (Å²) in [5.74, 6) is 3.06. The second kappa shape index (κ2) is 10.5. The summed E-state index contributed by atoms with van der Waals surface area (Å²) in [4.78, 5) is 9.69. The molecule has 1 fully saturated rings. The molecule has 0 radical (unpaired) electrons. The molecule has 0 bridgehead atoms. The van der Waals surface area contributed by atoms with Crippen molar-refractivity contribution in [1.29, 1.82) is 0 Å². The van der Waals surface area contributed by atoms with Crippen LogP contribution in [0.4, 0.5) is 23.0 Å². The number of fused-ring (bicyclic) bond motifs is 1. The summed E-state index contributed by atoms with van der Waals surface area (Å²) in [6, 6.07) is 11.7. The quantitative estimate of drug-likeness (QED) is 0.203. The van der Waals surface area contributed by atoms with Crippen molar-refractivity contribution >= 4 is 57.0 Å². The summed E-state index contributed by atoms with van der Waals surface area (Å²) >= 11 is 13.4. The number of nitrogens with one attached hydrogen (secondary N) is 3. The Morgan fingerprint density at radius 2 is 1.76 bits per heavy atom. The fourth-order valence-corrected chi connectivity index (χ4v) is 5.02. The molecule has 0 spiro atoms. The molecule has 1 aliphatic carbocycles. The molecule has 2 heterocycles. The van der Waals surface area contributed by atoms with Crippen LogP contribution in [0.3, 0.4) is 0 Å². The number of para-hydroxylation sites is 1. The molecule has 192 valence electrons. The van der Waals surface area contributed by atoms with E-state index in [2.05, 4.69) is 28.9 Å². The van der Waals surface area contributed by atoms with E-state index < -0.39 is 0 Å². The van der Waals surface area contributed by atoms with E-state index in [4.69, 9.17) is 42.6 Å². The normalized spacial score (nSPS) is 12.9. The van der Waals surface area contributed by atoms with Crippen LogP contribution in [0, 0.1) is 12.8 Å². The van der Waals surface area contributed by atoms with Gasteiger partial charge in [-0.1, -0.05) is 35.3 Å². The number of ether oxygens (including phenoxy) is 2. The Hall–Kier alpha value is -3.42. The first-order valence-electron chi connectivity index (χ1n) is 12.1. The minimum absolute atomic E-state index is 0.374. The van der Waals surface area contributed by atoms with Crippen LogP contribution in [0.15, 0.2) is 42.6 Å². The molecule has 9 heteroatoms. The zero-order valence-electron chi connectivity index (χ0n) is 21.2. The number of anilines is 4. The Labute approximate surface area is 226 Å². The van der Waals surface area contributed by atoms with E-state index in [-0.39, 0.29) is 0 Å². The van der Waals surface area contributed by atoms with Crippen molar-refractivity contribution < 1.29 is 9.47 Å². The van der Waals surface area contributed by atoms with Crippen molar-refractivity contribution in [1.82, 2.24) is 9.97 Å². The molecule has 4 aromatic rings. The molecule has 0 atom stereocenters. The first kappa shape index (κ1) is 25.2. The molecule has 0 aliphatic heterocycles. The molecule has 1 saturated carbocycles. The smallest absolute Gasteiger partial charge is 0.141 e. The van der Waals surface area contributed by atoms with Gasteiger partial charge in [-0.2, -0.15) is 0 Å². The van der Waals surface area contributed by atoms with Gasteiger partial charge in [-0.05, 0) is 49.4 Å². The number of halogens is 2. The highest BCUT2D eigenvalue weighted by molar-refractivity contribution is 6.41. The van der Waals surface area contributed by atoms with Gasteiger partial charge in [0.25, 0.3) is 0 Å². The topological polar surface area (TPSA) is 80.3 Å². The number of aromatic nitrogens is 2. The van der Waals surface area contributed by atoms with E-state index >= 15 is 0 Å². The molecule has 0 saturated heterocycles. The fraction of sp³-hybridized carbons (Fsp3) is 0.286. The molecule has 37 heavy (non-hydrogen) atoms. The van der Waals surface area contributed by atoms with E-state index in [1.807, 2.05) is 37.5 Å². The van der Waals surface area contributed by atoms with Crippen LogP contribution in [0.1, 0.15) is 18.4 Å². The Kier molecular flexibility index (Phi) is 7.17. The molecule has 0 amide bonds. The summed E-state index contributed by atoms with van der Waals surface area (Å²) in [6.45, 7) is 2.91.